The van der Waals surface area contributed by atoms with E-state index in [4.69, 9.17) is 9.84 Å². The summed E-state index contributed by atoms with van der Waals surface area (Å²) in [5, 5.41) is 8.33. The van der Waals surface area contributed by atoms with Crippen molar-refractivity contribution in [3.05, 3.63) is 11.8 Å². The van der Waals surface area contributed by atoms with Crippen LogP contribution in [-0.2, 0) is 19.1 Å². The summed E-state index contributed by atoms with van der Waals surface area (Å²) in [4.78, 5) is 24.4. The van der Waals surface area contributed by atoms with Crippen molar-refractivity contribution in [2.24, 2.45) is 0 Å². The van der Waals surface area contributed by atoms with Gasteiger partial charge in [0.2, 0.25) is 0 Å². The number of hydrogen-bond acceptors (Lipinski definition) is 6. The van der Waals surface area contributed by atoms with Gasteiger partial charge >= 0.3 is 5.97 Å². The van der Waals surface area contributed by atoms with Gasteiger partial charge < -0.3 is 14.6 Å². The minimum Gasteiger partial charge on any atom is -0.434 e. The molecule has 1 saturated heterocycles. The fourth-order valence-electron chi connectivity index (χ4n) is 1.71. The molecule has 1 unspecified atom stereocenters. The smallest absolute Gasteiger partial charge is 0.356 e. The number of carbonyl (C=O) groups excluding carboxylic acids is 2. The Balaban J connectivity index is 2.14. The summed E-state index contributed by atoms with van der Waals surface area (Å²) in [5.74, 6) is -0.319. The van der Waals surface area contributed by atoms with E-state index in [1.54, 1.807) is 6.08 Å². The van der Waals surface area contributed by atoms with Crippen LogP contribution in [-0.4, -0.2) is 53.0 Å². The number of ether oxygens (including phenoxy) is 2. The second kappa shape index (κ2) is 4.44. The van der Waals surface area contributed by atoms with Gasteiger partial charge in [-0.05, 0) is 6.08 Å². The molecular weight excluding hydrogens is 234 g/mol. The minimum absolute atomic E-state index is 0.163. The van der Waals surface area contributed by atoms with Crippen molar-refractivity contribution in [3.63, 3.8) is 0 Å². The van der Waals surface area contributed by atoms with Crippen LogP contribution >= 0.6 is 11.8 Å². The van der Waals surface area contributed by atoms with E-state index < -0.39 is 18.9 Å². The molecule has 0 radical (unpaired) electrons. The van der Waals surface area contributed by atoms with Crippen LogP contribution in [0.4, 0.5) is 0 Å². The highest BCUT2D eigenvalue weighted by Crippen LogP contribution is 2.38. The van der Waals surface area contributed by atoms with E-state index in [-0.39, 0.29) is 17.0 Å². The maximum absolute atomic E-state index is 11.6. The van der Waals surface area contributed by atoms with Crippen LogP contribution in [0.2, 0.25) is 0 Å². The second-order valence-corrected chi connectivity index (χ2v) is 4.39. The average molecular weight is 245 g/mol. The van der Waals surface area contributed by atoms with Gasteiger partial charge in [-0.25, -0.2) is 4.79 Å². The van der Waals surface area contributed by atoms with E-state index in [0.717, 1.165) is 0 Å². The highest BCUT2D eigenvalue weighted by molar-refractivity contribution is 8.00. The number of β-lactam (4-membered cyclic amide) rings is 1. The lowest BCUT2D eigenvalue weighted by Crippen LogP contribution is -2.65. The van der Waals surface area contributed by atoms with Crippen molar-refractivity contribution >= 4 is 23.6 Å². The molecule has 7 heteroatoms. The summed E-state index contributed by atoms with van der Waals surface area (Å²) >= 11 is 1.52. The first kappa shape index (κ1) is 11.4. The molecule has 16 heavy (non-hydrogen) atoms. The maximum Gasteiger partial charge on any atom is 0.356 e. The zero-order valence-corrected chi connectivity index (χ0v) is 9.40. The SMILES string of the molecule is COC1C(=O)N2C(C(=O)OCO)=CCS[C@@H]12. The molecule has 0 aliphatic carbocycles. The summed E-state index contributed by atoms with van der Waals surface area (Å²) in [6, 6.07) is 0. The molecule has 2 aliphatic rings. The van der Waals surface area contributed by atoms with Crippen LogP contribution < -0.4 is 0 Å². The number of aliphatic hydroxyl groups excluding tert-OH is 1. The molecule has 0 aromatic rings. The lowest BCUT2D eigenvalue weighted by Gasteiger charge is -2.47. The Labute approximate surface area is 96.2 Å². The number of aliphatic hydroxyl groups is 1. The third-order valence-corrected chi connectivity index (χ3v) is 3.61. The van der Waals surface area contributed by atoms with Crippen LogP contribution in [0.25, 0.3) is 0 Å². The molecule has 6 nitrogen and oxygen atoms in total. The van der Waals surface area contributed by atoms with Gasteiger partial charge in [0.05, 0.1) is 0 Å². The first-order chi connectivity index (χ1) is 7.70. The number of fused-ring (bicyclic) bond motifs is 1. The molecule has 1 N–H and O–H groups in total. The number of methoxy groups -OCH3 is 1. The molecule has 2 aliphatic heterocycles. The van der Waals surface area contributed by atoms with E-state index >= 15 is 0 Å². The molecule has 0 bridgehead atoms. The van der Waals surface area contributed by atoms with Gasteiger partial charge in [0.25, 0.3) is 5.91 Å². The van der Waals surface area contributed by atoms with E-state index in [2.05, 4.69) is 4.74 Å². The molecule has 2 atom stereocenters. The third kappa shape index (κ3) is 1.60. The van der Waals surface area contributed by atoms with Gasteiger partial charge in [-0.3, -0.25) is 9.69 Å². The Kier molecular flexibility index (Phi) is 3.17. The second-order valence-electron chi connectivity index (χ2n) is 3.24. The lowest BCUT2D eigenvalue weighted by atomic mass is 10.1. The number of amides is 1. The maximum atomic E-state index is 11.6. The van der Waals surface area contributed by atoms with E-state index in [9.17, 15) is 9.59 Å². The zero-order valence-electron chi connectivity index (χ0n) is 8.58. The molecule has 1 fully saturated rings. The molecule has 88 valence electrons. The highest BCUT2D eigenvalue weighted by atomic mass is 32.2. The largest absolute Gasteiger partial charge is 0.434 e. The average Bonchev–Trinajstić information content (AvgIpc) is 2.28. The summed E-state index contributed by atoms with van der Waals surface area (Å²) < 4.78 is 9.47. The van der Waals surface area contributed by atoms with Crippen LogP contribution in [0, 0.1) is 0 Å². The lowest BCUT2D eigenvalue weighted by molar-refractivity contribution is -0.165. The predicted molar refractivity (Wildman–Crippen MR) is 55.1 cm³/mol. The third-order valence-electron chi connectivity index (χ3n) is 2.46. The van der Waals surface area contributed by atoms with Crippen molar-refractivity contribution in [1.29, 1.82) is 0 Å². The number of thioether (sulfide) groups is 1. The summed E-state index contributed by atoms with van der Waals surface area (Å²) in [6.45, 7) is -0.691. The van der Waals surface area contributed by atoms with E-state index in [0.29, 0.717) is 5.75 Å². The van der Waals surface area contributed by atoms with Crippen molar-refractivity contribution in [2.45, 2.75) is 11.5 Å². The standard InChI is InChI=1S/C9H11NO5S/c1-14-6-7(12)10-5(9(13)15-4-11)2-3-16-8(6)10/h2,6,8,11H,3-4H2,1H3/t6?,8-/m0/s1. The minimum atomic E-state index is -0.691. The first-order valence-electron chi connectivity index (χ1n) is 4.66. The van der Waals surface area contributed by atoms with Gasteiger partial charge in [-0.1, -0.05) is 0 Å². The van der Waals surface area contributed by atoms with Crippen molar-refractivity contribution in [3.8, 4) is 0 Å². The highest BCUT2D eigenvalue weighted by Gasteiger charge is 2.52. The van der Waals surface area contributed by atoms with Gasteiger partial charge in [0.15, 0.2) is 12.9 Å². The molecule has 2 rings (SSSR count). The number of nitrogens with zero attached hydrogens (tertiary/aromatic N) is 1. The number of esters is 1. The fourth-order valence-corrected chi connectivity index (χ4v) is 2.93. The Bertz CT molecular complexity index is 356. The van der Waals surface area contributed by atoms with E-state index in [1.807, 2.05) is 0 Å². The van der Waals surface area contributed by atoms with E-state index in [1.165, 1.54) is 23.8 Å². The monoisotopic (exact) mass is 245 g/mol. The Morgan fingerprint density at radius 3 is 3.12 bits per heavy atom. The fraction of sp³-hybridized carbons (Fsp3) is 0.556. The first-order valence-corrected chi connectivity index (χ1v) is 5.71. The quantitative estimate of drug-likeness (QED) is 0.402. The van der Waals surface area contributed by atoms with Crippen molar-refractivity contribution in [2.75, 3.05) is 19.7 Å². The van der Waals surface area contributed by atoms with Crippen LogP contribution in [0.1, 0.15) is 0 Å². The van der Waals surface area contributed by atoms with Gasteiger partial charge in [0.1, 0.15) is 11.1 Å². The molecule has 2 heterocycles. The molecule has 1 amide bonds. The van der Waals surface area contributed by atoms with Crippen molar-refractivity contribution < 1.29 is 24.2 Å². The molecule has 0 spiro atoms. The molecule has 0 aromatic carbocycles. The van der Waals surface area contributed by atoms with Crippen LogP contribution in [0.5, 0.6) is 0 Å². The molecule has 0 aromatic heterocycles. The zero-order chi connectivity index (χ0) is 11.7. The molecule has 0 saturated carbocycles. The predicted octanol–water partition coefficient (Wildman–Crippen LogP) is -0.707. The Morgan fingerprint density at radius 2 is 2.50 bits per heavy atom. The van der Waals surface area contributed by atoms with Gasteiger partial charge in [-0.15, -0.1) is 11.8 Å². The number of hydrogen-bond donors (Lipinski definition) is 1. The van der Waals surface area contributed by atoms with Crippen molar-refractivity contribution in [1.82, 2.24) is 4.90 Å². The van der Waals surface area contributed by atoms with Crippen LogP contribution in [0.15, 0.2) is 11.8 Å². The Hall–Kier alpha value is -1.05. The summed E-state index contributed by atoms with van der Waals surface area (Å²) in [6.07, 6.45) is 1.12. The van der Waals surface area contributed by atoms with Crippen LogP contribution in [0.3, 0.4) is 0 Å². The topological polar surface area (TPSA) is 76.1 Å². The van der Waals surface area contributed by atoms with Gasteiger partial charge in [0, 0.05) is 12.9 Å². The number of carbonyl (C=O) groups is 2. The normalized spacial score (nSPS) is 28.0. The summed E-state index contributed by atoms with van der Waals surface area (Å²) in [7, 11) is 1.46. The number of rotatable bonds is 3. The van der Waals surface area contributed by atoms with Gasteiger partial charge in [-0.2, -0.15) is 0 Å². The summed E-state index contributed by atoms with van der Waals surface area (Å²) in [5.41, 5.74) is 0.191. The molecular formula is C9H11NO5S. The Morgan fingerprint density at radius 1 is 1.75 bits per heavy atom.